The Morgan fingerprint density at radius 3 is 2.00 bits per heavy atom. The molecule has 2 nitrogen and oxygen atoms in total. The van der Waals surface area contributed by atoms with Crippen molar-refractivity contribution in [1.82, 2.24) is 10.6 Å². The summed E-state index contributed by atoms with van der Waals surface area (Å²) in [6, 6.07) is 0.689. The Balaban J connectivity index is 2.22. The molecule has 0 bridgehead atoms. The van der Waals surface area contributed by atoms with Gasteiger partial charge in [-0.05, 0) is 36.4 Å². The van der Waals surface area contributed by atoms with Crippen molar-refractivity contribution in [2.45, 2.75) is 47.6 Å². The Bertz CT molecular complexity index is 195. The highest BCUT2D eigenvalue weighted by molar-refractivity contribution is 5.17. The molecule has 15 heavy (non-hydrogen) atoms. The van der Waals surface area contributed by atoms with E-state index in [2.05, 4.69) is 52.2 Å². The van der Waals surface area contributed by atoms with Crippen molar-refractivity contribution >= 4 is 0 Å². The third-order valence-corrected chi connectivity index (χ3v) is 4.43. The molecular formula is C13H28N2. The van der Waals surface area contributed by atoms with Gasteiger partial charge in [-0.2, -0.15) is 0 Å². The molecule has 1 aliphatic rings. The Morgan fingerprint density at radius 1 is 1.07 bits per heavy atom. The molecule has 1 saturated carbocycles. The zero-order valence-electron chi connectivity index (χ0n) is 11.3. The molecule has 0 radical (unpaired) electrons. The maximum atomic E-state index is 3.71. The van der Waals surface area contributed by atoms with Crippen LogP contribution in [-0.2, 0) is 0 Å². The summed E-state index contributed by atoms with van der Waals surface area (Å²) in [5, 5.41) is 7.10. The first-order valence-corrected chi connectivity index (χ1v) is 6.28. The molecule has 2 N–H and O–H groups in total. The summed E-state index contributed by atoms with van der Waals surface area (Å²) in [6.45, 7) is 17.2. The maximum absolute atomic E-state index is 3.71. The predicted octanol–water partition coefficient (Wildman–Crippen LogP) is 2.26. The predicted molar refractivity (Wildman–Crippen MR) is 67.1 cm³/mol. The molecule has 0 heterocycles. The van der Waals surface area contributed by atoms with Gasteiger partial charge in [-0.25, -0.2) is 0 Å². The normalized spacial score (nSPS) is 25.2. The molecule has 0 amide bonds. The molecule has 0 spiro atoms. The highest BCUT2D eigenvalue weighted by atomic mass is 15.0. The molecule has 0 aliphatic heterocycles. The zero-order chi connectivity index (χ0) is 11.7. The van der Waals surface area contributed by atoms with Crippen LogP contribution in [0.15, 0.2) is 0 Å². The number of nitrogens with one attached hydrogen (secondary N) is 2. The second kappa shape index (κ2) is 4.42. The van der Waals surface area contributed by atoms with Crippen molar-refractivity contribution in [3.05, 3.63) is 0 Å². The molecule has 90 valence electrons. The van der Waals surface area contributed by atoms with E-state index in [1.807, 2.05) is 0 Å². The standard InChI is InChI=1S/C13H28N2/c1-7-14-8-10(2)9-15-11-12(3,4)13(11,5)6/h10-11,14-15H,7-9H2,1-6H3. The summed E-state index contributed by atoms with van der Waals surface area (Å²) in [5.74, 6) is 0.720. The van der Waals surface area contributed by atoms with E-state index in [1.165, 1.54) is 0 Å². The first kappa shape index (κ1) is 13.0. The minimum atomic E-state index is 0.463. The maximum Gasteiger partial charge on any atom is 0.0181 e. The van der Waals surface area contributed by atoms with Crippen LogP contribution in [0, 0.1) is 16.7 Å². The van der Waals surface area contributed by atoms with Crippen LogP contribution < -0.4 is 10.6 Å². The monoisotopic (exact) mass is 212 g/mol. The van der Waals surface area contributed by atoms with Crippen LogP contribution in [-0.4, -0.2) is 25.7 Å². The van der Waals surface area contributed by atoms with E-state index in [0.717, 1.165) is 25.6 Å². The molecular weight excluding hydrogens is 184 g/mol. The molecule has 0 saturated heterocycles. The van der Waals surface area contributed by atoms with Crippen molar-refractivity contribution < 1.29 is 0 Å². The quantitative estimate of drug-likeness (QED) is 0.706. The molecule has 1 rings (SSSR count). The second-order valence-corrected chi connectivity index (χ2v) is 6.20. The Hall–Kier alpha value is -0.0800. The lowest BCUT2D eigenvalue weighted by Gasteiger charge is -2.14. The number of hydrogen-bond donors (Lipinski definition) is 2. The zero-order valence-corrected chi connectivity index (χ0v) is 11.3. The summed E-state index contributed by atoms with van der Waals surface area (Å²) < 4.78 is 0. The van der Waals surface area contributed by atoms with Crippen molar-refractivity contribution in [3.8, 4) is 0 Å². The number of rotatable bonds is 6. The van der Waals surface area contributed by atoms with Crippen LogP contribution in [0.4, 0.5) is 0 Å². The summed E-state index contributed by atoms with van der Waals surface area (Å²) in [7, 11) is 0. The molecule has 0 aromatic carbocycles. The van der Waals surface area contributed by atoms with Gasteiger partial charge in [-0.15, -0.1) is 0 Å². The number of hydrogen-bond acceptors (Lipinski definition) is 2. The average Bonchev–Trinajstić information content (AvgIpc) is 2.51. The highest BCUT2D eigenvalue weighted by Crippen LogP contribution is 2.62. The largest absolute Gasteiger partial charge is 0.317 e. The third-order valence-electron chi connectivity index (χ3n) is 4.43. The SMILES string of the molecule is CCNCC(C)CNC1C(C)(C)C1(C)C. The van der Waals surface area contributed by atoms with E-state index >= 15 is 0 Å². The first-order chi connectivity index (χ1) is 6.84. The molecule has 1 atom stereocenters. The van der Waals surface area contributed by atoms with Crippen LogP contribution in [0.3, 0.4) is 0 Å². The van der Waals surface area contributed by atoms with Gasteiger partial charge in [0, 0.05) is 6.04 Å². The van der Waals surface area contributed by atoms with Crippen LogP contribution in [0.1, 0.15) is 41.5 Å². The third kappa shape index (κ3) is 2.54. The average molecular weight is 212 g/mol. The fourth-order valence-electron chi connectivity index (χ4n) is 2.49. The second-order valence-electron chi connectivity index (χ2n) is 6.20. The molecule has 1 fully saturated rings. The molecule has 2 heteroatoms. The van der Waals surface area contributed by atoms with Gasteiger partial charge in [0.05, 0.1) is 0 Å². The fraction of sp³-hybridized carbons (Fsp3) is 1.00. The van der Waals surface area contributed by atoms with Gasteiger partial charge in [-0.3, -0.25) is 0 Å². The van der Waals surface area contributed by atoms with E-state index < -0.39 is 0 Å². The molecule has 0 aromatic heterocycles. The van der Waals surface area contributed by atoms with Gasteiger partial charge >= 0.3 is 0 Å². The summed E-state index contributed by atoms with van der Waals surface area (Å²) in [4.78, 5) is 0. The van der Waals surface area contributed by atoms with Crippen molar-refractivity contribution in [2.75, 3.05) is 19.6 Å². The van der Waals surface area contributed by atoms with Gasteiger partial charge in [0.2, 0.25) is 0 Å². The lowest BCUT2D eigenvalue weighted by molar-refractivity contribution is 0.452. The van der Waals surface area contributed by atoms with Gasteiger partial charge in [0.25, 0.3) is 0 Å². The van der Waals surface area contributed by atoms with Crippen molar-refractivity contribution in [1.29, 1.82) is 0 Å². The Labute approximate surface area is 95.2 Å². The molecule has 0 aromatic rings. The topological polar surface area (TPSA) is 24.1 Å². The summed E-state index contributed by atoms with van der Waals surface area (Å²) >= 11 is 0. The summed E-state index contributed by atoms with van der Waals surface area (Å²) in [6.07, 6.45) is 0. The van der Waals surface area contributed by atoms with Gasteiger partial charge < -0.3 is 10.6 Å². The van der Waals surface area contributed by atoms with Crippen LogP contribution in [0.5, 0.6) is 0 Å². The van der Waals surface area contributed by atoms with E-state index in [1.54, 1.807) is 0 Å². The highest BCUT2D eigenvalue weighted by Gasteiger charge is 2.64. The van der Waals surface area contributed by atoms with Crippen molar-refractivity contribution in [3.63, 3.8) is 0 Å². The van der Waals surface area contributed by atoms with Gasteiger partial charge in [0.1, 0.15) is 0 Å². The van der Waals surface area contributed by atoms with E-state index in [0.29, 0.717) is 16.9 Å². The Kier molecular flexibility index (Phi) is 3.83. The van der Waals surface area contributed by atoms with Crippen LogP contribution in [0.25, 0.3) is 0 Å². The van der Waals surface area contributed by atoms with Crippen molar-refractivity contribution in [2.24, 2.45) is 16.7 Å². The van der Waals surface area contributed by atoms with Gasteiger partial charge in [-0.1, -0.05) is 41.5 Å². The van der Waals surface area contributed by atoms with Crippen LogP contribution in [0.2, 0.25) is 0 Å². The first-order valence-electron chi connectivity index (χ1n) is 6.28. The summed E-state index contributed by atoms with van der Waals surface area (Å²) in [5.41, 5.74) is 0.926. The smallest absolute Gasteiger partial charge is 0.0181 e. The lowest BCUT2D eigenvalue weighted by Crippen LogP contribution is -2.32. The molecule has 1 unspecified atom stereocenters. The van der Waals surface area contributed by atoms with Crippen LogP contribution >= 0.6 is 0 Å². The van der Waals surface area contributed by atoms with Gasteiger partial charge in [0.15, 0.2) is 0 Å². The van der Waals surface area contributed by atoms with E-state index in [9.17, 15) is 0 Å². The lowest BCUT2D eigenvalue weighted by atomic mass is 10.0. The minimum Gasteiger partial charge on any atom is -0.317 e. The van der Waals surface area contributed by atoms with E-state index in [4.69, 9.17) is 0 Å². The minimum absolute atomic E-state index is 0.463. The fourth-order valence-corrected chi connectivity index (χ4v) is 2.49. The Morgan fingerprint density at radius 2 is 1.60 bits per heavy atom. The molecule has 1 aliphatic carbocycles. The van der Waals surface area contributed by atoms with E-state index in [-0.39, 0.29) is 0 Å².